The van der Waals surface area contributed by atoms with Gasteiger partial charge >= 0.3 is 0 Å². The molecule has 0 saturated heterocycles. The van der Waals surface area contributed by atoms with Gasteiger partial charge in [0.2, 0.25) is 11.8 Å². The van der Waals surface area contributed by atoms with Gasteiger partial charge in [0, 0.05) is 26.6 Å². The molecule has 0 aromatic heterocycles. The van der Waals surface area contributed by atoms with Crippen molar-refractivity contribution in [2.24, 2.45) is 0 Å². The number of hydrogen-bond acceptors (Lipinski definition) is 3. The maximum Gasteiger partial charge on any atom is 0.241 e. The summed E-state index contributed by atoms with van der Waals surface area (Å²) in [5, 5.41) is 5.43. The Morgan fingerprint density at radius 3 is 2.50 bits per heavy atom. The Labute approximate surface area is 84.8 Å². The van der Waals surface area contributed by atoms with Crippen LogP contribution in [0.3, 0.4) is 0 Å². The molecule has 2 N–H and O–H groups in total. The topological polar surface area (TPSA) is 61.4 Å². The van der Waals surface area contributed by atoms with Crippen LogP contribution in [0.4, 0.5) is 0 Å². The van der Waals surface area contributed by atoms with Gasteiger partial charge in [0.05, 0.1) is 6.54 Å². The molecule has 0 saturated carbocycles. The van der Waals surface area contributed by atoms with Crippen LogP contribution >= 0.6 is 0 Å². The van der Waals surface area contributed by atoms with Gasteiger partial charge in [0.15, 0.2) is 0 Å². The average Bonchev–Trinajstić information content (AvgIpc) is 2.21. The van der Waals surface area contributed by atoms with Gasteiger partial charge in [-0.1, -0.05) is 0 Å². The summed E-state index contributed by atoms with van der Waals surface area (Å²) in [6.45, 7) is 3.27. The summed E-state index contributed by atoms with van der Waals surface area (Å²) in [6.07, 6.45) is 0.402. The predicted molar refractivity (Wildman–Crippen MR) is 54.9 cm³/mol. The molecule has 0 aromatic carbocycles. The lowest BCUT2D eigenvalue weighted by atomic mass is 10.4. The maximum absolute atomic E-state index is 11.2. The van der Waals surface area contributed by atoms with Crippen LogP contribution in [0, 0.1) is 0 Å². The fourth-order valence-electron chi connectivity index (χ4n) is 0.812. The standard InChI is InChI=1S/C9H19N3O2/c1-4-12(3)9(14)7-11-8(13)5-6-10-2/h10H,4-7H2,1-3H3,(H,11,13). The van der Waals surface area contributed by atoms with Gasteiger partial charge < -0.3 is 15.5 Å². The molecule has 0 unspecified atom stereocenters. The Morgan fingerprint density at radius 1 is 1.36 bits per heavy atom. The molecule has 0 heterocycles. The third kappa shape index (κ3) is 5.53. The van der Waals surface area contributed by atoms with Gasteiger partial charge in [0.1, 0.15) is 0 Å². The second-order valence-electron chi connectivity index (χ2n) is 3.04. The van der Waals surface area contributed by atoms with E-state index in [9.17, 15) is 9.59 Å². The minimum absolute atomic E-state index is 0.0645. The van der Waals surface area contributed by atoms with Gasteiger partial charge in [-0.3, -0.25) is 9.59 Å². The first kappa shape index (κ1) is 12.9. The molecule has 0 aliphatic heterocycles. The first-order valence-electron chi connectivity index (χ1n) is 4.77. The maximum atomic E-state index is 11.2. The molecule has 0 bridgehead atoms. The summed E-state index contributed by atoms with van der Waals surface area (Å²) in [5.74, 6) is -0.164. The number of likely N-dealkylation sites (N-methyl/N-ethyl adjacent to an activating group) is 1. The lowest BCUT2D eigenvalue weighted by Crippen LogP contribution is -2.38. The molecule has 2 amide bonds. The Balaban J connectivity index is 3.61. The molecule has 5 heteroatoms. The summed E-state index contributed by atoms with van der Waals surface area (Å²) in [7, 11) is 3.49. The lowest BCUT2D eigenvalue weighted by molar-refractivity contribution is -0.131. The normalized spacial score (nSPS) is 9.64. The number of nitrogens with one attached hydrogen (secondary N) is 2. The lowest BCUT2D eigenvalue weighted by Gasteiger charge is -2.14. The van der Waals surface area contributed by atoms with Crippen molar-refractivity contribution in [3.63, 3.8) is 0 Å². The monoisotopic (exact) mass is 201 g/mol. The van der Waals surface area contributed by atoms with Crippen LogP contribution in [-0.2, 0) is 9.59 Å². The summed E-state index contributed by atoms with van der Waals surface area (Å²) in [6, 6.07) is 0. The van der Waals surface area contributed by atoms with E-state index < -0.39 is 0 Å². The van der Waals surface area contributed by atoms with Gasteiger partial charge in [-0.2, -0.15) is 0 Å². The Hall–Kier alpha value is -1.10. The predicted octanol–water partition coefficient (Wildman–Crippen LogP) is -0.810. The number of hydrogen-bond donors (Lipinski definition) is 2. The largest absolute Gasteiger partial charge is 0.347 e. The highest BCUT2D eigenvalue weighted by Gasteiger charge is 2.07. The quantitative estimate of drug-likeness (QED) is 0.591. The highest BCUT2D eigenvalue weighted by atomic mass is 16.2. The Bertz CT molecular complexity index is 194. The average molecular weight is 201 g/mol. The van der Waals surface area contributed by atoms with Gasteiger partial charge in [-0.25, -0.2) is 0 Å². The van der Waals surface area contributed by atoms with Crippen molar-refractivity contribution in [3.05, 3.63) is 0 Å². The number of rotatable bonds is 6. The smallest absolute Gasteiger partial charge is 0.241 e. The van der Waals surface area contributed by atoms with E-state index in [-0.39, 0.29) is 18.4 Å². The van der Waals surface area contributed by atoms with E-state index in [4.69, 9.17) is 0 Å². The van der Waals surface area contributed by atoms with Gasteiger partial charge in [0.25, 0.3) is 0 Å². The van der Waals surface area contributed by atoms with Crippen LogP contribution in [0.2, 0.25) is 0 Å². The van der Waals surface area contributed by atoms with Crippen molar-refractivity contribution >= 4 is 11.8 Å². The molecular formula is C9H19N3O2. The van der Waals surface area contributed by atoms with Crippen molar-refractivity contribution in [3.8, 4) is 0 Å². The zero-order valence-corrected chi connectivity index (χ0v) is 9.09. The molecule has 82 valence electrons. The Kier molecular flexibility index (Phi) is 6.74. The molecule has 0 aliphatic carbocycles. The number of amides is 2. The van der Waals surface area contributed by atoms with E-state index in [0.717, 1.165) is 0 Å². The Morgan fingerprint density at radius 2 is 2.00 bits per heavy atom. The van der Waals surface area contributed by atoms with Crippen LogP contribution in [0.15, 0.2) is 0 Å². The zero-order chi connectivity index (χ0) is 11.0. The summed E-state index contributed by atoms with van der Waals surface area (Å²) in [5.41, 5.74) is 0. The van der Waals surface area contributed by atoms with Crippen molar-refractivity contribution in [1.29, 1.82) is 0 Å². The highest BCUT2D eigenvalue weighted by Crippen LogP contribution is 1.83. The SMILES string of the molecule is CCN(C)C(=O)CNC(=O)CCNC. The van der Waals surface area contributed by atoms with E-state index in [1.54, 1.807) is 19.0 Å². The van der Waals surface area contributed by atoms with Crippen molar-refractivity contribution < 1.29 is 9.59 Å². The van der Waals surface area contributed by atoms with Gasteiger partial charge in [-0.05, 0) is 14.0 Å². The van der Waals surface area contributed by atoms with Crippen LogP contribution in [0.25, 0.3) is 0 Å². The molecule has 0 atom stereocenters. The second-order valence-corrected chi connectivity index (χ2v) is 3.04. The molecule has 0 radical (unpaired) electrons. The van der Waals surface area contributed by atoms with E-state index in [0.29, 0.717) is 19.5 Å². The second kappa shape index (κ2) is 7.32. The van der Waals surface area contributed by atoms with E-state index in [1.165, 1.54) is 0 Å². The van der Waals surface area contributed by atoms with Crippen molar-refractivity contribution in [2.45, 2.75) is 13.3 Å². The van der Waals surface area contributed by atoms with Crippen LogP contribution < -0.4 is 10.6 Å². The first-order valence-corrected chi connectivity index (χ1v) is 4.77. The first-order chi connectivity index (χ1) is 6.61. The van der Waals surface area contributed by atoms with Crippen LogP contribution in [0.1, 0.15) is 13.3 Å². The van der Waals surface area contributed by atoms with Crippen LogP contribution in [0.5, 0.6) is 0 Å². The number of carbonyl (C=O) groups excluding carboxylic acids is 2. The number of carbonyl (C=O) groups is 2. The molecule has 0 spiro atoms. The van der Waals surface area contributed by atoms with Crippen molar-refractivity contribution in [2.75, 3.05) is 33.7 Å². The third-order valence-corrected chi connectivity index (χ3v) is 1.94. The summed E-state index contributed by atoms with van der Waals surface area (Å²) >= 11 is 0. The molecular weight excluding hydrogens is 182 g/mol. The molecule has 0 fully saturated rings. The summed E-state index contributed by atoms with van der Waals surface area (Å²) < 4.78 is 0. The summed E-state index contributed by atoms with van der Waals surface area (Å²) in [4.78, 5) is 23.9. The van der Waals surface area contributed by atoms with Crippen molar-refractivity contribution in [1.82, 2.24) is 15.5 Å². The molecule has 5 nitrogen and oxygen atoms in total. The third-order valence-electron chi connectivity index (χ3n) is 1.94. The minimum atomic E-state index is -0.0998. The van der Waals surface area contributed by atoms with Crippen LogP contribution in [-0.4, -0.2) is 50.4 Å². The fraction of sp³-hybridized carbons (Fsp3) is 0.778. The highest BCUT2D eigenvalue weighted by molar-refractivity contribution is 5.84. The molecule has 0 aliphatic rings. The van der Waals surface area contributed by atoms with E-state index in [2.05, 4.69) is 10.6 Å². The van der Waals surface area contributed by atoms with E-state index in [1.807, 2.05) is 6.92 Å². The van der Waals surface area contributed by atoms with Gasteiger partial charge in [-0.15, -0.1) is 0 Å². The zero-order valence-electron chi connectivity index (χ0n) is 9.09. The van der Waals surface area contributed by atoms with E-state index >= 15 is 0 Å². The number of nitrogens with zero attached hydrogens (tertiary/aromatic N) is 1. The minimum Gasteiger partial charge on any atom is -0.347 e. The molecule has 0 rings (SSSR count). The fourth-order valence-corrected chi connectivity index (χ4v) is 0.812. The molecule has 14 heavy (non-hydrogen) atoms. The molecule has 0 aromatic rings.